The topological polar surface area (TPSA) is 47.3 Å². The fourth-order valence-electron chi connectivity index (χ4n) is 1.42. The van der Waals surface area contributed by atoms with E-state index in [4.69, 9.17) is 10.6 Å². The van der Waals surface area contributed by atoms with Crippen LogP contribution in [0.15, 0.2) is 24.3 Å². The van der Waals surface area contributed by atoms with Crippen LogP contribution in [-0.2, 0) is 5.41 Å². The number of hydrogen-bond donors (Lipinski definition) is 2. The Labute approximate surface area is 98.0 Å². The van der Waals surface area contributed by atoms with E-state index in [-0.39, 0.29) is 5.41 Å². The number of nitrogens with one attached hydrogen (secondary N) is 1. The second kappa shape index (κ2) is 5.87. The summed E-state index contributed by atoms with van der Waals surface area (Å²) in [4.78, 5) is 0. The van der Waals surface area contributed by atoms with Crippen LogP contribution in [-0.4, -0.2) is 13.2 Å². The molecule has 3 N–H and O–H groups in total. The summed E-state index contributed by atoms with van der Waals surface area (Å²) in [6.45, 7) is 8.08. The number of rotatable bonds is 5. The van der Waals surface area contributed by atoms with Crippen LogP contribution in [0.25, 0.3) is 0 Å². The average Bonchev–Trinajstić information content (AvgIpc) is 2.24. The van der Waals surface area contributed by atoms with E-state index < -0.39 is 0 Å². The van der Waals surface area contributed by atoms with Gasteiger partial charge in [-0.15, -0.1) is 0 Å². The molecule has 0 saturated carbocycles. The summed E-state index contributed by atoms with van der Waals surface area (Å²) >= 11 is 0. The summed E-state index contributed by atoms with van der Waals surface area (Å²) in [5.74, 6) is 6.09. The molecule has 0 saturated heterocycles. The predicted molar refractivity (Wildman–Crippen MR) is 67.4 cm³/mol. The van der Waals surface area contributed by atoms with Crippen molar-refractivity contribution in [2.45, 2.75) is 32.6 Å². The summed E-state index contributed by atoms with van der Waals surface area (Å²) < 4.78 is 5.58. The normalized spacial score (nSPS) is 11.5. The lowest BCUT2D eigenvalue weighted by Gasteiger charge is -2.19. The maximum absolute atomic E-state index is 5.58. The van der Waals surface area contributed by atoms with E-state index in [9.17, 15) is 0 Å². The highest BCUT2D eigenvalue weighted by atomic mass is 16.5. The second-order valence-corrected chi connectivity index (χ2v) is 4.93. The summed E-state index contributed by atoms with van der Waals surface area (Å²) in [7, 11) is 0. The van der Waals surface area contributed by atoms with Crippen LogP contribution in [0.4, 0.5) is 0 Å². The van der Waals surface area contributed by atoms with Crippen molar-refractivity contribution < 1.29 is 4.74 Å². The quantitative estimate of drug-likeness (QED) is 0.456. The Hall–Kier alpha value is -1.06. The minimum atomic E-state index is 0.196. The maximum atomic E-state index is 5.58. The molecule has 0 aromatic heterocycles. The lowest BCUT2D eigenvalue weighted by Crippen LogP contribution is -2.24. The summed E-state index contributed by atoms with van der Waals surface area (Å²) in [6.07, 6.45) is 0.914. The van der Waals surface area contributed by atoms with Gasteiger partial charge in [-0.2, -0.15) is 0 Å². The average molecular weight is 222 g/mol. The molecule has 3 heteroatoms. The van der Waals surface area contributed by atoms with Crippen LogP contribution >= 0.6 is 0 Å². The molecule has 0 bridgehead atoms. The van der Waals surface area contributed by atoms with Gasteiger partial charge in [0.2, 0.25) is 0 Å². The zero-order chi connectivity index (χ0) is 12.0. The van der Waals surface area contributed by atoms with Crippen molar-refractivity contribution in [1.82, 2.24) is 5.43 Å². The zero-order valence-electron chi connectivity index (χ0n) is 10.4. The molecule has 0 radical (unpaired) electrons. The van der Waals surface area contributed by atoms with E-state index >= 15 is 0 Å². The highest BCUT2D eigenvalue weighted by Crippen LogP contribution is 2.24. The molecule has 0 atom stereocenters. The van der Waals surface area contributed by atoms with Crippen molar-refractivity contribution in [3.63, 3.8) is 0 Å². The Morgan fingerprint density at radius 3 is 2.31 bits per heavy atom. The molecule has 1 aromatic rings. The molecule has 90 valence electrons. The fourth-order valence-corrected chi connectivity index (χ4v) is 1.42. The molecule has 0 aliphatic heterocycles. The first kappa shape index (κ1) is 13.0. The number of hydrogen-bond acceptors (Lipinski definition) is 3. The van der Waals surface area contributed by atoms with Gasteiger partial charge in [0, 0.05) is 6.54 Å². The molecule has 0 aliphatic rings. The number of hydrazine groups is 1. The van der Waals surface area contributed by atoms with Crippen LogP contribution in [0.5, 0.6) is 5.75 Å². The van der Waals surface area contributed by atoms with Crippen molar-refractivity contribution in [3.05, 3.63) is 29.8 Å². The molecule has 0 fully saturated rings. The largest absolute Gasteiger partial charge is 0.494 e. The Morgan fingerprint density at radius 1 is 1.19 bits per heavy atom. The van der Waals surface area contributed by atoms with Gasteiger partial charge in [0.15, 0.2) is 0 Å². The van der Waals surface area contributed by atoms with Crippen molar-refractivity contribution in [1.29, 1.82) is 0 Å². The number of nitrogens with two attached hydrogens (primary N) is 1. The van der Waals surface area contributed by atoms with Crippen LogP contribution < -0.4 is 16.0 Å². The number of ether oxygens (including phenoxy) is 1. The number of benzene rings is 1. The van der Waals surface area contributed by atoms with Gasteiger partial charge in [0.1, 0.15) is 5.75 Å². The third kappa shape index (κ3) is 4.21. The van der Waals surface area contributed by atoms with Crippen molar-refractivity contribution in [2.24, 2.45) is 5.84 Å². The maximum Gasteiger partial charge on any atom is 0.119 e. The molecule has 0 amide bonds. The molecule has 1 rings (SSSR count). The van der Waals surface area contributed by atoms with Crippen LogP contribution in [0, 0.1) is 0 Å². The Balaban J connectivity index is 2.46. The molecular weight excluding hydrogens is 200 g/mol. The minimum Gasteiger partial charge on any atom is -0.494 e. The standard InChI is InChI=1S/C13H22N2O/c1-13(2,3)11-5-7-12(8-6-11)16-10-4-9-15-14/h5-8,15H,4,9-10,14H2,1-3H3. The van der Waals surface area contributed by atoms with Crippen LogP contribution in [0.1, 0.15) is 32.8 Å². The van der Waals surface area contributed by atoms with Gasteiger partial charge in [-0.05, 0) is 29.5 Å². The smallest absolute Gasteiger partial charge is 0.119 e. The third-order valence-corrected chi connectivity index (χ3v) is 2.45. The monoisotopic (exact) mass is 222 g/mol. The first-order valence-electron chi connectivity index (χ1n) is 5.71. The third-order valence-electron chi connectivity index (χ3n) is 2.45. The van der Waals surface area contributed by atoms with Gasteiger partial charge < -0.3 is 4.74 Å². The van der Waals surface area contributed by atoms with E-state index in [0.717, 1.165) is 18.7 Å². The van der Waals surface area contributed by atoms with Crippen molar-refractivity contribution in [2.75, 3.05) is 13.2 Å². The predicted octanol–water partition coefficient (Wildman–Crippen LogP) is 2.22. The highest BCUT2D eigenvalue weighted by molar-refractivity contribution is 5.31. The van der Waals surface area contributed by atoms with E-state index in [0.29, 0.717) is 6.61 Å². The van der Waals surface area contributed by atoms with Gasteiger partial charge in [0.25, 0.3) is 0 Å². The minimum absolute atomic E-state index is 0.196. The first-order valence-corrected chi connectivity index (χ1v) is 5.71. The van der Waals surface area contributed by atoms with E-state index in [2.05, 4.69) is 38.3 Å². The lowest BCUT2D eigenvalue weighted by atomic mass is 9.87. The van der Waals surface area contributed by atoms with E-state index in [1.807, 2.05) is 12.1 Å². The van der Waals surface area contributed by atoms with Gasteiger partial charge >= 0.3 is 0 Å². The molecule has 0 unspecified atom stereocenters. The van der Waals surface area contributed by atoms with E-state index in [1.54, 1.807) is 0 Å². The van der Waals surface area contributed by atoms with Crippen LogP contribution in [0.2, 0.25) is 0 Å². The molecule has 16 heavy (non-hydrogen) atoms. The van der Waals surface area contributed by atoms with Gasteiger partial charge in [-0.25, -0.2) is 0 Å². The highest BCUT2D eigenvalue weighted by Gasteiger charge is 2.12. The zero-order valence-corrected chi connectivity index (χ0v) is 10.4. The van der Waals surface area contributed by atoms with Gasteiger partial charge in [-0.3, -0.25) is 11.3 Å². The van der Waals surface area contributed by atoms with Crippen molar-refractivity contribution >= 4 is 0 Å². The molecule has 1 aromatic carbocycles. The summed E-state index contributed by atoms with van der Waals surface area (Å²) in [6, 6.07) is 8.29. The second-order valence-electron chi connectivity index (χ2n) is 4.93. The van der Waals surface area contributed by atoms with Crippen molar-refractivity contribution in [3.8, 4) is 5.75 Å². The first-order chi connectivity index (χ1) is 7.54. The van der Waals surface area contributed by atoms with Gasteiger partial charge in [0.05, 0.1) is 6.61 Å². The summed E-state index contributed by atoms with van der Waals surface area (Å²) in [5.41, 5.74) is 4.12. The molecule has 0 spiro atoms. The molecular formula is C13H22N2O. The SMILES string of the molecule is CC(C)(C)c1ccc(OCCCNN)cc1. The fraction of sp³-hybridized carbons (Fsp3) is 0.538. The Morgan fingerprint density at radius 2 is 1.81 bits per heavy atom. The van der Waals surface area contributed by atoms with Crippen LogP contribution in [0.3, 0.4) is 0 Å². The summed E-state index contributed by atoms with van der Waals surface area (Å²) in [5, 5.41) is 0. The lowest BCUT2D eigenvalue weighted by molar-refractivity contribution is 0.308. The van der Waals surface area contributed by atoms with E-state index in [1.165, 1.54) is 5.56 Å². The van der Waals surface area contributed by atoms with Gasteiger partial charge in [-0.1, -0.05) is 32.9 Å². The molecule has 0 heterocycles. The molecule has 0 aliphatic carbocycles. The molecule has 3 nitrogen and oxygen atoms in total. The Bertz CT molecular complexity index is 301. The Kier molecular flexibility index (Phi) is 4.77.